The van der Waals surface area contributed by atoms with Gasteiger partial charge in [0.1, 0.15) is 11.2 Å². The molecule has 0 aromatic heterocycles. The number of rotatable bonds is 2. The summed E-state index contributed by atoms with van der Waals surface area (Å²) in [7, 11) is 0. The van der Waals surface area contributed by atoms with Crippen molar-refractivity contribution in [2.45, 2.75) is 12.3 Å². The maximum Gasteiger partial charge on any atom is 0.238 e. The Morgan fingerprint density at radius 2 is 1.86 bits per heavy atom. The van der Waals surface area contributed by atoms with E-state index < -0.39 is 22.8 Å². The number of benzene rings is 2. The van der Waals surface area contributed by atoms with Crippen LogP contribution in [0.4, 0.5) is 18.9 Å². The Morgan fingerprint density at radius 1 is 1.09 bits per heavy atom. The van der Waals surface area contributed by atoms with E-state index in [4.69, 9.17) is 0 Å². The lowest BCUT2D eigenvalue weighted by Gasteiger charge is -2.26. The normalized spacial score (nSPS) is 18.1. The van der Waals surface area contributed by atoms with E-state index in [-0.39, 0.29) is 11.7 Å². The zero-order chi connectivity index (χ0) is 15.9. The van der Waals surface area contributed by atoms with Crippen LogP contribution >= 0.6 is 11.8 Å². The van der Waals surface area contributed by atoms with Crippen molar-refractivity contribution >= 4 is 23.4 Å². The van der Waals surface area contributed by atoms with Gasteiger partial charge in [-0.1, -0.05) is 12.1 Å². The standard InChI is InChI=1S/C16H12F3NOS/c1-9-2-4-11(17)7-14(9)20-15(21)8-22-16(20)10-3-5-12(18)13(19)6-10/h2-7,16H,8H2,1H3. The number of amides is 1. The van der Waals surface area contributed by atoms with Crippen molar-refractivity contribution < 1.29 is 18.0 Å². The molecule has 1 aliphatic heterocycles. The van der Waals surface area contributed by atoms with Gasteiger partial charge in [-0.25, -0.2) is 13.2 Å². The first-order valence-electron chi connectivity index (χ1n) is 6.62. The first-order valence-corrected chi connectivity index (χ1v) is 7.67. The largest absolute Gasteiger partial charge is 0.295 e. The minimum atomic E-state index is -0.964. The average molecular weight is 323 g/mol. The lowest BCUT2D eigenvalue weighted by Crippen LogP contribution is -2.28. The van der Waals surface area contributed by atoms with Gasteiger partial charge in [0.05, 0.1) is 11.4 Å². The lowest BCUT2D eigenvalue weighted by molar-refractivity contribution is -0.115. The third-order valence-electron chi connectivity index (χ3n) is 3.53. The van der Waals surface area contributed by atoms with Crippen LogP contribution in [0.2, 0.25) is 0 Å². The van der Waals surface area contributed by atoms with Crippen LogP contribution in [0.3, 0.4) is 0 Å². The molecule has 0 bridgehead atoms. The quantitative estimate of drug-likeness (QED) is 0.826. The molecule has 1 saturated heterocycles. The lowest BCUT2D eigenvalue weighted by atomic mass is 10.1. The van der Waals surface area contributed by atoms with E-state index in [2.05, 4.69) is 0 Å². The van der Waals surface area contributed by atoms with Crippen molar-refractivity contribution in [3.8, 4) is 0 Å². The first kappa shape index (κ1) is 15.0. The SMILES string of the molecule is Cc1ccc(F)cc1N1C(=O)CSC1c1ccc(F)c(F)c1. The minimum Gasteiger partial charge on any atom is -0.295 e. The van der Waals surface area contributed by atoms with Crippen LogP contribution in [-0.4, -0.2) is 11.7 Å². The van der Waals surface area contributed by atoms with E-state index in [0.717, 1.165) is 17.7 Å². The fourth-order valence-electron chi connectivity index (χ4n) is 2.44. The molecule has 1 amide bonds. The molecule has 0 radical (unpaired) electrons. The van der Waals surface area contributed by atoms with Crippen LogP contribution in [0.1, 0.15) is 16.5 Å². The number of anilines is 1. The van der Waals surface area contributed by atoms with Crippen LogP contribution in [0.25, 0.3) is 0 Å². The molecule has 22 heavy (non-hydrogen) atoms. The van der Waals surface area contributed by atoms with Gasteiger partial charge < -0.3 is 0 Å². The second kappa shape index (κ2) is 5.68. The van der Waals surface area contributed by atoms with E-state index in [9.17, 15) is 18.0 Å². The van der Waals surface area contributed by atoms with E-state index in [0.29, 0.717) is 11.3 Å². The highest BCUT2D eigenvalue weighted by Gasteiger charge is 2.35. The zero-order valence-corrected chi connectivity index (χ0v) is 12.5. The zero-order valence-electron chi connectivity index (χ0n) is 11.6. The monoisotopic (exact) mass is 323 g/mol. The van der Waals surface area contributed by atoms with E-state index in [1.165, 1.54) is 34.9 Å². The maximum atomic E-state index is 13.5. The third kappa shape index (κ3) is 2.59. The second-order valence-electron chi connectivity index (χ2n) is 5.03. The minimum absolute atomic E-state index is 0.187. The fraction of sp³-hybridized carbons (Fsp3) is 0.188. The van der Waals surface area contributed by atoms with Gasteiger partial charge >= 0.3 is 0 Å². The molecule has 3 rings (SSSR count). The molecule has 0 aliphatic carbocycles. The van der Waals surface area contributed by atoms with Crippen molar-refractivity contribution in [3.05, 3.63) is 65.0 Å². The van der Waals surface area contributed by atoms with Crippen LogP contribution in [-0.2, 0) is 4.79 Å². The van der Waals surface area contributed by atoms with Crippen LogP contribution < -0.4 is 4.90 Å². The summed E-state index contributed by atoms with van der Waals surface area (Å²) in [5.41, 5.74) is 1.66. The molecule has 2 aromatic rings. The Balaban J connectivity index is 2.05. The van der Waals surface area contributed by atoms with E-state index in [1.807, 2.05) is 0 Å². The Bertz CT molecular complexity index is 750. The highest BCUT2D eigenvalue weighted by molar-refractivity contribution is 8.00. The average Bonchev–Trinajstić information content (AvgIpc) is 2.86. The van der Waals surface area contributed by atoms with Crippen molar-refractivity contribution in [1.29, 1.82) is 0 Å². The first-order chi connectivity index (χ1) is 10.5. The molecule has 0 saturated carbocycles. The summed E-state index contributed by atoms with van der Waals surface area (Å²) in [6.45, 7) is 1.77. The molecule has 1 atom stereocenters. The molecular weight excluding hydrogens is 311 g/mol. The number of carbonyl (C=O) groups excluding carboxylic acids is 1. The van der Waals surface area contributed by atoms with Gasteiger partial charge in [0.25, 0.3) is 0 Å². The summed E-state index contributed by atoms with van der Waals surface area (Å²) in [6.07, 6.45) is 0. The maximum absolute atomic E-state index is 13.5. The third-order valence-corrected chi connectivity index (χ3v) is 4.74. The molecule has 2 nitrogen and oxygen atoms in total. The number of halogens is 3. The van der Waals surface area contributed by atoms with Gasteiger partial charge in [0, 0.05) is 0 Å². The molecule has 1 unspecified atom stereocenters. The molecule has 0 N–H and O–H groups in total. The molecule has 114 valence electrons. The second-order valence-corrected chi connectivity index (χ2v) is 6.10. The van der Waals surface area contributed by atoms with Crippen LogP contribution in [0.5, 0.6) is 0 Å². The molecular formula is C16H12F3NOS. The molecule has 6 heteroatoms. The highest BCUT2D eigenvalue weighted by Crippen LogP contribution is 2.43. The summed E-state index contributed by atoms with van der Waals surface area (Å²) in [5.74, 6) is -2.33. The number of aryl methyl sites for hydroxylation is 1. The van der Waals surface area contributed by atoms with Gasteiger partial charge in [-0.2, -0.15) is 0 Å². The molecule has 0 spiro atoms. The fourth-order valence-corrected chi connectivity index (χ4v) is 3.60. The molecule has 1 aliphatic rings. The Morgan fingerprint density at radius 3 is 2.59 bits per heavy atom. The molecule has 1 heterocycles. The van der Waals surface area contributed by atoms with E-state index >= 15 is 0 Å². The topological polar surface area (TPSA) is 20.3 Å². The predicted molar refractivity (Wildman–Crippen MR) is 80.2 cm³/mol. The predicted octanol–water partition coefficient (Wildman–Crippen LogP) is 4.19. The Labute approximate surface area is 129 Å². The van der Waals surface area contributed by atoms with Gasteiger partial charge in [0.2, 0.25) is 5.91 Å². The molecule has 2 aromatic carbocycles. The van der Waals surface area contributed by atoms with Gasteiger partial charge in [0.15, 0.2) is 11.6 Å². The summed E-state index contributed by atoms with van der Waals surface area (Å²) >= 11 is 1.30. The number of hydrogen-bond acceptors (Lipinski definition) is 2. The van der Waals surface area contributed by atoms with Crippen molar-refractivity contribution in [3.63, 3.8) is 0 Å². The van der Waals surface area contributed by atoms with Gasteiger partial charge in [-0.3, -0.25) is 9.69 Å². The molecule has 1 fully saturated rings. The summed E-state index contributed by atoms with van der Waals surface area (Å²) < 4.78 is 40.1. The van der Waals surface area contributed by atoms with Gasteiger partial charge in [-0.15, -0.1) is 11.8 Å². The number of thioether (sulfide) groups is 1. The number of hydrogen-bond donors (Lipinski definition) is 0. The summed E-state index contributed by atoms with van der Waals surface area (Å²) in [5, 5.41) is -0.497. The van der Waals surface area contributed by atoms with Crippen molar-refractivity contribution in [2.75, 3.05) is 10.7 Å². The highest BCUT2D eigenvalue weighted by atomic mass is 32.2. The van der Waals surface area contributed by atoms with Crippen LogP contribution in [0.15, 0.2) is 36.4 Å². The van der Waals surface area contributed by atoms with Crippen molar-refractivity contribution in [1.82, 2.24) is 0 Å². The Hall–Kier alpha value is -1.95. The summed E-state index contributed by atoms with van der Waals surface area (Å²) in [4.78, 5) is 13.6. The van der Waals surface area contributed by atoms with Gasteiger partial charge in [-0.05, 0) is 42.3 Å². The number of nitrogens with zero attached hydrogens (tertiary/aromatic N) is 1. The number of carbonyl (C=O) groups is 1. The van der Waals surface area contributed by atoms with Crippen molar-refractivity contribution in [2.24, 2.45) is 0 Å². The smallest absolute Gasteiger partial charge is 0.238 e. The van der Waals surface area contributed by atoms with Crippen LogP contribution in [0, 0.1) is 24.4 Å². The Kier molecular flexibility index (Phi) is 3.87. The van der Waals surface area contributed by atoms with E-state index in [1.54, 1.807) is 13.0 Å². The summed E-state index contributed by atoms with van der Waals surface area (Å²) in [6, 6.07) is 7.74.